The molecule has 146 valence electrons. The minimum absolute atomic E-state index is 0.127. The van der Waals surface area contributed by atoms with E-state index in [1.165, 1.54) is 10.6 Å². The Balaban J connectivity index is 1.47. The number of benzene rings is 1. The summed E-state index contributed by atoms with van der Waals surface area (Å²) in [5, 5.41) is 2.64. The predicted molar refractivity (Wildman–Crippen MR) is 102 cm³/mol. The highest BCUT2D eigenvalue weighted by atomic mass is 16.5. The van der Waals surface area contributed by atoms with Crippen LogP contribution in [0.15, 0.2) is 41.2 Å². The highest BCUT2D eigenvalue weighted by molar-refractivity contribution is 5.75. The smallest absolute Gasteiger partial charge is 0.323 e. The van der Waals surface area contributed by atoms with Crippen LogP contribution in [0.4, 0.5) is 5.95 Å². The van der Waals surface area contributed by atoms with Crippen molar-refractivity contribution >= 4 is 17.7 Å². The Bertz CT molecular complexity index is 1030. The standard InChI is InChI=1S/C19H22N6O3/c20-18-22-19-21-14(10-16(26)25(19)23-18)11-24-9-5-4-8-15(24)17(27)28-12-13-6-2-1-3-7-13/h1-3,6-7,10,15H,4-5,8-9,11-12H2,(H3,20,21,22,23). The van der Waals surface area contributed by atoms with Gasteiger partial charge in [-0.15, -0.1) is 0 Å². The minimum Gasteiger partial charge on any atom is -0.460 e. The summed E-state index contributed by atoms with van der Waals surface area (Å²) >= 11 is 0. The summed E-state index contributed by atoms with van der Waals surface area (Å²) in [4.78, 5) is 35.3. The molecule has 4 rings (SSSR count). The molecule has 3 heterocycles. The second kappa shape index (κ2) is 7.81. The fourth-order valence-electron chi connectivity index (χ4n) is 3.50. The fraction of sp³-hybridized carbons (Fsp3) is 0.368. The van der Waals surface area contributed by atoms with E-state index < -0.39 is 0 Å². The van der Waals surface area contributed by atoms with Gasteiger partial charge in [0.25, 0.3) is 11.3 Å². The average Bonchev–Trinajstić information content (AvgIpc) is 3.08. The Hall–Kier alpha value is -3.20. The lowest BCUT2D eigenvalue weighted by Gasteiger charge is -2.33. The molecular formula is C19H22N6O3. The number of esters is 1. The van der Waals surface area contributed by atoms with Crippen molar-refractivity contribution in [2.75, 3.05) is 12.3 Å². The molecule has 28 heavy (non-hydrogen) atoms. The van der Waals surface area contributed by atoms with Gasteiger partial charge in [0, 0.05) is 12.6 Å². The second-order valence-corrected chi connectivity index (χ2v) is 6.91. The van der Waals surface area contributed by atoms with Crippen molar-refractivity contribution in [2.45, 2.75) is 38.5 Å². The SMILES string of the molecule is Nc1nc2nc(CN3CCCCC3C(=O)OCc3ccccc3)cc(=O)n2[nH]1. The number of carbonyl (C=O) groups is 1. The zero-order valence-corrected chi connectivity index (χ0v) is 15.4. The van der Waals surface area contributed by atoms with Gasteiger partial charge >= 0.3 is 5.97 Å². The average molecular weight is 382 g/mol. The lowest BCUT2D eigenvalue weighted by molar-refractivity contribution is -0.153. The molecule has 0 amide bonds. The van der Waals surface area contributed by atoms with Gasteiger partial charge in [0.1, 0.15) is 12.6 Å². The first-order valence-electron chi connectivity index (χ1n) is 9.29. The number of likely N-dealkylation sites (tertiary alicyclic amines) is 1. The van der Waals surface area contributed by atoms with Gasteiger partial charge in [0.15, 0.2) is 0 Å². The van der Waals surface area contributed by atoms with Crippen LogP contribution in [0.5, 0.6) is 0 Å². The molecule has 2 aromatic heterocycles. The van der Waals surface area contributed by atoms with Gasteiger partial charge in [0.2, 0.25) is 5.95 Å². The van der Waals surface area contributed by atoms with E-state index in [-0.39, 0.29) is 35.9 Å². The first-order valence-corrected chi connectivity index (χ1v) is 9.29. The number of aromatic amines is 1. The number of nitrogens with zero attached hydrogens (tertiary/aromatic N) is 4. The van der Waals surface area contributed by atoms with Crippen molar-refractivity contribution in [3.05, 3.63) is 58.0 Å². The number of fused-ring (bicyclic) bond motifs is 1. The summed E-state index contributed by atoms with van der Waals surface area (Å²) in [5.74, 6) is 0.104. The third kappa shape index (κ3) is 3.89. The number of rotatable bonds is 5. The van der Waals surface area contributed by atoms with Gasteiger partial charge in [-0.1, -0.05) is 36.8 Å². The first kappa shape index (κ1) is 18.2. The van der Waals surface area contributed by atoms with Crippen molar-refractivity contribution < 1.29 is 9.53 Å². The quantitative estimate of drug-likeness (QED) is 0.634. The number of nitrogens with two attached hydrogens (primary N) is 1. The maximum atomic E-state index is 12.7. The Labute approximate surface area is 161 Å². The van der Waals surface area contributed by atoms with Crippen molar-refractivity contribution in [3.8, 4) is 0 Å². The zero-order chi connectivity index (χ0) is 19.5. The monoisotopic (exact) mass is 382 g/mol. The lowest BCUT2D eigenvalue weighted by atomic mass is 10.0. The number of piperidine rings is 1. The zero-order valence-electron chi connectivity index (χ0n) is 15.4. The Morgan fingerprint density at radius 3 is 2.89 bits per heavy atom. The highest BCUT2D eigenvalue weighted by Crippen LogP contribution is 2.20. The molecule has 1 aromatic carbocycles. The van der Waals surface area contributed by atoms with E-state index in [1.54, 1.807) is 0 Å². The number of carbonyl (C=O) groups excluding carboxylic acids is 1. The second-order valence-electron chi connectivity index (χ2n) is 6.91. The van der Waals surface area contributed by atoms with E-state index in [0.717, 1.165) is 31.4 Å². The number of nitrogens with one attached hydrogen (secondary N) is 1. The maximum Gasteiger partial charge on any atom is 0.323 e. The molecule has 1 aliphatic rings. The van der Waals surface area contributed by atoms with E-state index in [1.807, 2.05) is 35.2 Å². The molecule has 1 unspecified atom stereocenters. The summed E-state index contributed by atoms with van der Waals surface area (Å²) in [7, 11) is 0. The Morgan fingerprint density at radius 1 is 1.25 bits per heavy atom. The first-order chi connectivity index (χ1) is 13.6. The molecule has 3 aromatic rings. The topological polar surface area (TPSA) is 119 Å². The number of hydrogen-bond donors (Lipinski definition) is 2. The molecule has 1 atom stereocenters. The number of ether oxygens (including phenoxy) is 1. The van der Waals surface area contributed by atoms with Crippen LogP contribution in [0.1, 0.15) is 30.5 Å². The Morgan fingerprint density at radius 2 is 2.07 bits per heavy atom. The number of hydrogen-bond acceptors (Lipinski definition) is 7. The van der Waals surface area contributed by atoms with Gasteiger partial charge in [-0.2, -0.15) is 9.50 Å². The molecule has 0 radical (unpaired) electrons. The van der Waals surface area contributed by atoms with Crippen LogP contribution in [-0.2, 0) is 22.7 Å². The third-order valence-corrected chi connectivity index (χ3v) is 4.88. The van der Waals surface area contributed by atoms with Crippen LogP contribution < -0.4 is 11.3 Å². The van der Waals surface area contributed by atoms with Gasteiger partial charge in [0.05, 0.1) is 5.69 Å². The molecule has 3 N–H and O–H groups in total. The third-order valence-electron chi connectivity index (χ3n) is 4.88. The van der Waals surface area contributed by atoms with E-state index >= 15 is 0 Å². The molecule has 1 saturated heterocycles. The summed E-state index contributed by atoms with van der Waals surface area (Å²) in [6.07, 6.45) is 2.68. The summed E-state index contributed by atoms with van der Waals surface area (Å²) in [5.41, 5.74) is 6.82. The van der Waals surface area contributed by atoms with Crippen molar-refractivity contribution in [1.82, 2.24) is 24.5 Å². The number of anilines is 1. The fourth-order valence-corrected chi connectivity index (χ4v) is 3.50. The van der Waals surface area contributed by atoms with Gasteiger partial charge in [-0.25, -0.2) is 4.98 Å². The molecule has 1 aliphatic heterocycles. The molecule has 0 spiro atoms. The van der Waals surface area contributed by atoms with Crippen LogP contribution in [-0.4, -0.2) is 43.0 Å². The number of nitrogen functional groups attached to an aromatic ring is 1. The van der Waals surface area contributed by atoms with Crippen molar-refractivity contribution in [2.24, 2.45) is 0 Å². The van der Waals surface area contributed by atoms with Crippen LogP contribution >= 0.6 is 0 Å². The minimum atomic E-state index is -0.345. The van der Waals surface area contributed by atoms with E-state index in [4.69, 9.17) is 10.5 Å². The molecule has 0 bridgehead atoms. The maximum absolute atomic E-state index is 12.7. The molecular weight excluding hydrogens is 360 g/mol. The van der Waals surface area contributed by atoms with E-state index in [2.05, 4.69) is 15.1 Å². The van der Waals surface area contributed by atoms with Gasteiger partial charge in [-0.05, 0) is 24.9 Å². The van der Waals surface area contributed by atoms with Crippen LogP contribution in [0.3, 0.4) is 0 Å². The molecule has 0 saturated carbocycles. The number of H-pyrrole nitrogens is 1. The van der Waals surface area contributed by atoms with Crippen LogP contribution in [0.25, 0.3) is 5.78 Å². The largest absolute Gasteiger partial charge is 0.460 e. The predicted octanol–water partition coefficient (Wildman–Crippen LogP) is 1.10. The summed E-state index contributed by atoms with van der Waals surface area (Å²) in [6, 6.07) is 10.7. The number of aromatic nitrogens is 4. The molecule has 9 heteroatoms. The normalized spacial score (nSPS) is 17.6. The molecule has 9 nitrogen and oxygen atoms in total. The Kier molecular flexibility index (Phi) is 5.07. The van der Waals surface area contributed by atoms with Crippen LogP contribution in [0, 0.1) is 0 Å². The lowest BCUT2D eigenvalue weighted by Crippen LogP contribution is -2.45. The summed E-state index contributed by atoms with van der Waals surface area (Å²) in [6.45, 7) is 1.38. The van der Waals surface area contributed by atoms with Crippen molar-refractivity contribution in [1.29, 1.82) is 0 Å². The van der Waals surface area contributed by atoms with Gasteiger partial charge < -0.3 is 10.5 Å². The van der Waals surface area contributed by atoms with Crippen molar-refractivity contribution in [3.63, 3.8) is 0 Å². The highest BCUT2D eigenvalue weighted by Gasteiger charge is 2.30. The van der Waals surface area contributed by atoms with Gasteiger partial charge in [-0.3, -0.25) is 19.6 Å². The molecule has 1 fully saturated rings. The van der Waals surface area contributed by atoms with Crippen LogP contribution in [0.2, 0.25) is 0 Å². The molecule has 0 aliphatic carbocycles. The summed E-state index contributed by atoms with van der Waals surface area (Å²) < 4.78 is 6.73. The van der Waals surface area contributed by atoms with E-state index in [0.29, 0.717) is 12.2 Å². The van der Waals surface area contributed by atoms with E-state index in [9.17, 15) is 9.59 Å².